The number of hydrogen-bond acceptors (Lipinski definition) is 5. The van der Waals surface area contributed by atoms with Gasteiger partial charge in [0.2, 0.25) is 5.91 Å². The second-order valence-electron chi connectivity index (χ2n) is 7.50. The summed E-state index contributed by atoms with van der Waals surface area (Å²) in [5.74, 6) is 1.57. The van der Waals surface area contributed by atoms with Crippen molar-refractivity contribution in [3.8, 4) is 0 Å². The van der Waals surface area contributed by atoms with Crippen molar-refractivity contribution in [2.45, 2.75) is 25.7 Å². The lowest BCUT2D eigenvalue weighted by Gasteiger charge is -2.33. The fourth-order valence-corrected chi connectivity index (χ4v) is 3.79. The highest BCUT2D eigenvalue weighted by molar-refractivity contribution is 5.93. The highest BCUT2D eigenvalue weighted by Gasteiger charge is 2.27. The van der Waals surface area contributed by atoms with E-state index in [1.54, 1.807) is 6.20 Å². The van der Waals surface area contributed by atoms with E-state index in [9.17, 15) is 4.79 Å². The SMILES string of the molecule is CN(CCCN1CCOCC1)CCC1CCC(=O)N(c2ccccn2)C1. The Hall–Kier alpha value is -1.50. The standard InChI is InChI=1S/C20H32N4O2/c1-22(10-4-11-23-13-15-26-16-14-23)12-8-18-6-7-20(25)24(17-18)19-5-2-3-9-21-19/h2-3,5,9,18H,4,6-8,10-17H2,1H3. The molecule has 1 unspecified atom stereocenters. The van der Waals surface area contributed by atoms with Crippen LogP contribution in [0.5, 0.6) is 0 Å². The van der Waals surface area contributed by atoms with Crippen molar-refractivity contribution < 1.29 is 9.53 Å². The number of ether oxygens (including phenoxy) is 1. The van der Waals surface area contributed by atoms with Crippen molar-refractivity contribution >= 4 is 11.7 Å². The third kappa shape index (κ3) is 5.76. The quantitative estimate of drug-likeness (QED) is 0.708. The van der Waals surface area contributed by atoms with Crippen LogP contribution in [-0.4, -0.2) is 80.2 Å². The second kappa shape index (κ2) is 10.00. The predicted molar refractivity (Wildman–Crippen MR) is 103 cm³/mol. The average molecular weight is 361 g/mol. The van der Waals surface area contributed by atoms with Crippen molar-refractivity contribution in [1.82, 2.24) is 14.8 Å². The third-order valence-electron chi connectivity index (χ3n) is 5.47. The molecular weight excluding hydrogens is 328 g/mol. The number of anilines is 1. The van der Waals surface area contributed by atoms with Gasteiger partial charge in [0, 0.05) is 32.3 Å². The van der Waals surface area contributed by atoms with Crippen molar-refractivity contribution in [3.63, 3.8) is 0 Å². The molecule has 0 radical (unpaired) electrons. The van der Waals surface area contributed by atoms with Crippen LogP contribution in [0, 0.1) is 5.92 Å². The van der Waals surface area contributed by atoms with Crippen LogP contribution in [0.25, 0.3) is 0 Å². The Morgan fingerprint density at radius 1 is 1.27 bits per heavy atom. The Labute approximate surface area is 157 Å². The Kier molecular flexibility index (Phi) is 7.41. The van der Waals surface area contributed by atoms with Gasteiger partial charge in [-0.25, -0.2) is 4.98 Å². The maximum absolute atomic E-state index is 12.2. The molecule has 1 aromatic rings. The molecule has 0 bridgehead atoms. The number of carbonyl (C=O) groups is 1. The molecule has 1 atom stereocenters. The molecule has 0 saturated carbocycles. The monoisotopic (exact) mass is 360 g/mol. The fourth-order valence-electron chi connectivity index (χ4n) is 3.79. The summed E-state index contributed by atoms with van der Waals surface area (Å²) in [6.45, 7) is 8.10. The smallest absolute Gasteiger partial charge is 0.228 e. The number of morpholine rings is 1. The summed E-state index contributed by atoms with van der Waals surface area (Å²) in [4.78, 5) is 23.4. The van der Waals surface area contributed by atoms with E-state index in [0.717, 1.165) is 64.6 Å². The maximum Gasteiger partial charge on any atom is 0.228 e. The van der Waals surface area contributed by atoms with Gasteiger partial charge in [-0.2, -0.15) is 0 Å². The van der Waals surface area contributed by atoms with Crippen LogP contribution >= 0.6 is 0 Å². The van der Waals surface area contributed by atoms with Gasteiger partial charge in [0.25, 0.3) is 0 Å². The first-order chi connectivity index (χ1) is 12.7. The van der Waals surface area contributed by atoms with Crippen LogP contribution in [0.15, 0.2) is 24.4 Å². The van der Waals surface area contributed by atoms with Gasteiger partial charge >= 0.3 is 0 Å². The first-order valence-electron chi connectivity index (χ1n) is 9.92. The molecule has 2 fully saturated rings. The van der Waals surface area contributed by atoms with Crippen LogP contribution in [0.4, 0.5) is 5.82 Å². The molecule has 1 aromatic heterocycles. The number of carbonyl (C=O) groups excluding carboxylic acids is 1. The topological polar surface area (TPSA) is 48.9 Å². The van der Waals surface area contributed by atoms with Crippen molar-refractivity contribution in [2.24, 2.45) is 5.92 Å². The molecule has 6 heteroatoms. The third-order valence-corrected chi connectivity index (χ3v) is 5.47. The zero-order chi connectivity index (χ0) is 18.2. The first kappa shape index (κ1) is 19.3. The molecule has 3 rings (SSSR count). The number of rotatable bonds is 8. The fraction of sp³-hybridized carbons (Fsp3) is 0.700. The van der Waals surface area contributed by atoms with E-state index in [-0.39, 0.29) is 5.91 Å². The van der Waals surface area contributed by atoms with E-state index >= 15 is 0 Å². The molecule has 26 heavy (non-hydrogen) atoms. The lowest BCUT2D eigenvalue weighted by atomic mass is 9.94. The van der Waals surface area contributed by atoms with Gasteiger partial charge in [-0.15, -0.1) is 0 Å². The minimum Gasteiger partial charge on any atom is -0.379 e. The lowest BCUT2D eigenvalue weighted by Crippen LogP contribution is -2.41. The number of pyridine rings is 1. The van der Waals surface area contributed by atoms with Gasteiger partial charge < -0.3 is 9.64 Å². The number of hydrogen-bond donors (Lipinski definition) is 0. The van der Waals surface area contributed by atoms with E-state index in [1.165, 1.54) is 13.0 Å². The summed E-state index contributed by atoms with van der Waals surface area (Å²) in [6.07, 6.45) is 5.75. The summed E-state index contributed by atoms with van der Waals surface area (Å²) < 4.78 is 5.40. The van der Waals surface area contributed by atoms with E-state index in [2.05, 4.69) is 21.8 Å². The van der Waals surface area contributed by atoms with Gasteiger partial charge in [-0.1, -0.05) is 6.07 Å². The van der Waals surface area contributed by atoms with Crippen LogP contribution in [-0.2, 0) is 9.53 Å². The van der Waals surface area contributed by atoms with Gasteiger partial charge in [0.1, 0.15) is 5.82 Å². The average Bonchev–Trinajstić information content (AvgIpc) is 2.69. The highest BCUT2D eigenvalue weighted by Crippen LogP contribution is 2.24. The normalized spacial score (nSPS) is 22.2. The second-order valence-corrected chi connectivity index (χ2v) is 7.50. The lowest BCUT2D eigenvalue weighted by molar-refractivity contribution is -0.120. The zero-order valence-electron chi connectivity index (χ0n) is 16.0. The molecule has 3 heterocycles. The van der Waals surface area contributed by atoms with Crippen molar-refractivity contribution in [3.05, 3.63) is 24.4 Å². The van der Waals surface area contributed by atoms with E-state index in [4.69, 9.17) is 4.74 Å². The molecular formula is C20H32N4O2. The molecule has 0 N–H and O–H groups in total. The van der Waals surface area contributed by atoms with Gasteiger partial charge in [-0.05, 0) is 64.0 Å². The Bertz CT molecular complexity index is 548. The Morgan fingerprint density at radius 2 is 2.12 bits per heavy atom. The summed E-state index contributed by atoms with van der Waals surface area (Å²) in [7, 11) is 2.21. The minimum absolute atomic E-state index is 0.207. The van der Waals surface area contributed by atoms with Gasteiger partial charge in [-0.3, -0.25) is 14.6 Å². The molecule has 0 spiro atoms. The predicted octanol–water partition coefficient (Wildman–Crippen LogP) is 1.87. The number of piperidine rings is 1. The van der Waals surface area contributed by atoms with Crippen LogP contribution in [0.1, 0.15) is 25.7 Å². The Morgan fingerprint density at radius 3 is 2.88 bits per heavy atom. The minimum atomic E-state index is 0.207. The van der Waals surface area contributed by atoms with Crippen molar-refractivity contribution in [1.29, 1.82) is 0 Å². The van der Waals surface area contributed by atoms with E-state index in [1.807, 2.05) is 23.1 Å². The first-order valence-corrected chi connectivity index (χ1v) is 9.92. The summed E-state index contributed by atoms with van der Waals surface area (Å²) in [5, 5.41) is 0. The molecule has 1 amide bonds. The molecule has 6 nitrogen and oxygen atoms in total. The van der Waals surface area contributed by atoms with Crippen LogP contribution in [0.2, 0.25) is 0 Å². The van der Waals surface area contributed by atoms with Gasteiger partial charge in [0.05, 0.1) is 13.2 Å². The highest BCUT2D eigenvalue weighted by atomic mass is 16.5. The summed E-state index contributed by atoms with van der Waals surface area (Å²) in [6, 6.07) is 5.76. The van der Waals surface area contributed by atoms with Crippen LogP contribution < -0.4 is 4.90 Å². The maximum atomic E-state index is 12.2. The zero-order valence-corrected chi connectivity index (χ0v) is 16.0. The number of nitrogens with zero attached hydrogens (tertiary/aromatic N) is 4. The van der Waals surface area contributed by atoms with E-state index < -0.39 is 0 Å². The molecule has 144 valence electrons. The van der Waals surface area contributed by atoms with Gasteiger partial charge in [0.15, 0.2) is 0 Å². The molecule has 0 aromatic carbocycles. The number of aromatic nitrogens is 1. The van der Waals surface area contributed by atoms with E-state index in [0.29, 0.717) is 12.3 Å². The van der Waals surface area contributed by atoms with Crippen molar-refractivity contribution in [2.75, 3.05) is 64.4 Å². The van der Waals surface area contributed by atoms with Crippen LogP contribution in [0.3, 0.4) is 0 Å². The number of amides is 1. The summed E-state index contributed by atoms with van der Waals surface area (Å²) >= 11 is 0. The Balaban J connectivity index is 1.36. The molecule has 2 aliphatic rings. The summed E-state index contributed by atoms with van der Waals surface area (Å²) in [5.41, 5.74) is 0. The molecule has 0 aliphatic carbocycles. The molecule has 2 aliphatic heterocycles. The largest absolute Gasteiger partial charge is 0.379 e. The molecule has 2 saturated heterocycles.